The number of carbonyl (C=O) groups is 2. The Kier molecular flexibility index (Phi) is 21.0. The zero-order valence-electron chi connectivity index (χ0n) is 25.8. The molecule has 298 valence electrons. The van der Waals surface area contributed by atoms with E-state index >= 15 is 0 Å². The summed E-state index contributed by atoms with van der Waals surface area (Å²) in [6, 6.07) is 0. The fourth-order valence-corrected chi connectivity index (χ4v) is 4.09. The van der Waals surface area contributed by atoms with E-state index in [1.54, 1.807) is 0 Å². The van der Waals surface area contributed by atoms with Gasteiger partial charge in [0.25, 0.3) is 0 Å². The number of esters is 2. The molecule has 51 heavy (non-hydrogen) atoms. The minimum Gasteiger partial charge on any atom is -0.691 e. The van der Waals surface area contributed by atoms with E-state index in [1.165, 1.54) is 0 Å². The molecule has 7 nitrogen and oxygen atoms in total. The Balaban J connectivity index is 0. The SMILES string of the molecule is O=C(CC(SOO[O-])C(=O)OCCCCCCC(F)(F)C(F)(F)C(F)(F)C(F)(F)F)OCCCCCCC(F)(F)C(F)(F)C(F)(F)C(F)(F)F.[Na+]. The van der Waals surface area contributed by atoms with Gasteiger partial charge >= 0.3 is 89.4 Å². The van der Waals surface area contributed by atoms with Crippen LogP contribution in [0.2, 0.25) is 0 Å². The van der Waals surface area contributed by atoms with Gasteiger partial charge in [-0.2, -0.15) is 83.4 Å². The summed E-state index contributed by atoms with van der Waals surface area (Å²) in [7, 11) is 0. The number of halogens is 18. The third-order valence-electron chi connectivity index (χ3n) is 6.50. The van der Waals surface area contributed by atoms with Gasteiger partial charge in [-0.05, 0) is 25.7 Å². The van der Waals surface area contributed by atoms with Crippen LogP contribution in [-0.4, -0.2) is 78.3 Å². The van der Waals surface area contributed by atoms with Gasteiger partial charge in [-0.25, -0.2) is 0 Å². The van der Waals surface area contributed by atoms with Crippen LogP contribution in [0.4, 0.5) is 79.0 Å². The average Bonchev–Trinajstić information content (AvgIpc) is 2.96. The van der Waals surface area contributed by atoms with Crippen molar-refractivity contribution in [3.63, 3.8) is 0 Å². The summed E-state index contributed by atoms with van der Waals surface area (Å²) in [5.41, 5.74) is 0. The third-order valence-corrected chi connectivity index (χ3v) is 7.22. The second-order valence-electron chi connectivity index (χ2n) is 10.3. The molecule has 0 amide bonds. The van der Waals surface area contributed by atoms with Gasteiger partial charge in [-0.3, -0.25) is 14.6 Å². The zero-order chi connectivity index (χ0) is 39.5. The number of ether oxygens (including phenoxy) is 2. The molecule has 0 saturated carbocycles. The molecular weight excluding hydrogens is 797 g/mol. The number of rotatable bonds is 24. The number of carbonyl (C=O) groups excluding carboxylic acids is 2. The second-order valence-corrected chi connectivity index (χ2v) is 11.2. The molecule has 0 aromatic carbocycles. The van der Waals surface area contributed by atoms with Crippen molar-refractivity contribution in [2.75, 3.05) is 13.2 Å². The van der Waals surface area contributed by atoms with Crippen LogP contribution >= 0.6 is 12.0 Å². The normalized spacial score (nSPS) is 14.6. The molecule has 0 aromatic rings. The van der Waals surface area contributed by atoms with Crippen molar-refractivity contribution in [3.8, 4) is 0 Å². The predicted octanol–water partition coefficient (Wildman–Crippen LogP) is 5.54. The van der Waals surface area contributed by atoms with Crippen LogP contribution in [0.1, 0.15) is 70.6 Å². The minimum absolute atomic E-state index is 0. The van der Waals surface area contributed by atoms with Crippen LogP contribution in [0.5, 0.6) is 0 Å². The Hall–Kier alpha value is -1.09. The first-order valence-corrected chi connectivity index (χ1v) is 14.6. The fourth-order valence-electron chi connectivity index (χ4n) is 3.62. The molecule has 0 aliphatic heterocycles. The van der Waals surface area contributed by atoms with Gasteiger partial charge in [0.05, 0.1) is 19.6 Å². The molecule has 1 unspecified atom stereocenters. The topological polar surface area (TPSA) is 94.1 Å². The first kappa shape index (κ1) is 52.0. The molecule has 27 heteroatoms. The Morgan fingerprint density at radius 2 is 0.882 bits per heavy atom. The van der Waals surface area contributed by atoms with Crippen molar-refractivity contribution in [2.45, 2.75) is 124 Å². The van der Waals surface area contributed by atoms with E-state index < -0.39 is 123 Å². The van der Waals surface area contributed by atoms with Gasteiger partial charge in [-0.15, -0.1) is 0 Å². The van der Waals surface area contributed by atoms with Crippen molar-refractivity contribution >= 4 is 24.0 Å². The maximum Gasteiger partial charge on any atom is 1.00 e. The average molecular weight is 824 g/mol. The molecular formula is C24H27F18NaO7S. The van der Waals surface area contributed by atoms with Crippen molar-refractivity contribution in [1.82, 2.24) is 0 Å². The Morgan fingerprint density at radius 3 is 1.24 bits per heavy atom. The van der Waals surface area contributed by atoms with Crippen LogP contribution in [0.25, 0.3) is 0 Å². The largest absolute Gasteiger partial charge is 1.00 e. The Bertz CT molecular complexity index is 1060. The molecule has 0 fully saturated rings. The molecule has 1 atom stereocenters. The van der Waals surface area contributed by atoms with Crippen LogP contribution in [-0.2, 0) is 28.4 Å². The van der Waals surface area contributed by atoms with Gasteiger partial charge in [0, 0.05) is 24.9 Å². The first-order chi connectivity index (χ1) is 22.4. The van der Waals surface area contributed by atoms with Crippen LogP contribution < -0.4 is 34.8 Å². The maximum atomic E-state index is 13.5. The van der Waals surface area contributed by atoms with Crippen LogP contribution in [0.15, 0.2) is 0 Å². The summed E-state index contributed by atoms with van der Waals surface area (Å²) in [6.45, 7) is -1.07. The van der Waals surface area contributed by atoms with Crippen LogP contribution in [0.3, 0.4) is 0 Å². The van der Waals surface area contributed by atoms with Gasteiger partial charge in [0.15, 0.2) is 0 Å². The van der Waals surface area contributed by atoms with Gasteiger partial charge in [-0.1, -0.05) is 25.7 Å². The molecule has 0 aliphatic rings. The molecule has 0 saturated heterocycles. The molecule has 0 bridgehead atoms. The number of hydrogen-bond acceptors (Lipinski definition) is 8. The molecule has 0 heterocycles. The molecule has 0 aromatic heterocycles. The van der Waals surface area contributed by atoms with Crippen molar-refractivity contribution in [2.24, 2.45) is 0 Å². The van der Waals surface area contributed by atoms with E-state index in [4.69, 9.17) is 9.47 Å². The molecule has 0 rings (SSSR count). The summed E-state index contributed by atoms with van der Waals surface area (Å²) < 4.78 is 245. The smallest absolute Gasteiger partial charge is 0.691 e. The summed E-state index contributed by atoms with van der Waals surface area (Å²) in [5, 5.41) is 11.4. The summed E-state index contributed by atoms with van der Waals surface area (Å²) in [4.78, 5) is 24.1. The van der Waals surface area contributed by atoms with E-state index in [0.717, 1.165) is 0 Å². The van der Waals surface area contributed by atoms with E-state index in [9.17, 15) is 93.9 Å². The molecule has 0 spiro atoms. The number of alkyl halides is 18. The summed E-state index contributed by atoms with van der Waals surface area (Å²) in [5.74, 6) is -41.5. The fraction of sp³-hybridized carbons (Fsp3) is 0.917. The minimum atomic E-state index is -7.02. The molecule has 0 N–H and O–H groups in total. The van der Waals surface area contributed by atoms with E-state index in [2.05, 4.69) is 9.37 Å². The maximum absolute atomic E-state index is 13.5. The van der Waals surface area contributed by atoms with Crippen molar-refractivity contribution in [1.29, 1.82) is 0 Å². The molecule has 0 radical (unpaired) electrons. The van der Waals surface area contributed by atoms with Crippen molar-refractivity contribution < 1.29 is 142 Å². The van der Waals surface area contributed by atoms with Gasteiger partial charge in [0.2, 0.25) is 0 Å². The van der Waals surface area contributed by atoms with Gasteiger partial charge in [0.1, 0.15) is 5.25 Å². The predicted molar refractivity (Wildman–Crippen MR) is 128 cm³/mol. The van der Waals surface area contributed by atoms with E-state index in [1.807, 2.05) is 0 Å². The third kappa shape index (κ3) is 14.2. The van der Waals surface area contributed by atoms with Crippen molar-refractivity contribution in [3.05, 3.63) is 0 Å². The Morgan fingerprint density at radius 1 is 0.529 bits per heavy atom. The second kappa shape index (κ2) is 20.6. The summed E-state index contributed by atoms with van der Waals surface area (Å²) in [6.07, 6.45) is -22.4. The number of unbranched alkanes of at least 4 members (excludes halogenated alkanes) is 6. The zero-order valence-corrected chi connectivity index (χ0v) is 28.7. The van der Waals surface area contributed by atoms with E-state index in [-0.39, 0.29) is 67.3 Å². The van der Waals surface area contributed by atoms with E-state index in [0.29, 0.717) is 0 Å². The van der Waals surface area contributed by atoms with Gasteiger partial charge < -0.3 is 14.7 Å². The van der Waals surface area contributed by atoms with Crippen LogP contribution in [0, 0.1) is 0 Å². The summed E-state index contributed by atoms with van der Waals surface area (Å²) >= 11 is -0.0657. The molecule has 0 aliphatic carbocycles. The monoisotopic (exact) mass is 824 g/mol. The number of hydrogen-bond donors (Lipinski definition) is 0. The Labute approximate surface area is 302 Å². The standard InChI is InChI=1S/C24H28F18O7S.Na/c25-17(26,19(29,30)21(33,34)23(37,38)39)9-5-1-3-7-11-46-15(43)13-14(50-49-48-45)16(44)47-12-8-4-2-6-10-18(27,28)20(31,32)22(35,36)24(40,41)42;/h14,45H,1-13H2;/q;+1/p-1. The first-order valence-electron chi connectivity index (χ1n) is 13.8. The quantitative estimate of drug-likeness (QED) is 0.0239.